The second kappa shape index (κ2) is 6.08. The van der Waals surface area contributed by atoms with Crippen LogP contribution in [0.25, 0.3) is 0 Å². The van der Waals surface area contributed by atoms with E-state index in [1.807, 2.05) is 5.01 Å². The number of hydrogen-bond donors (Lipinski definition) is 2. The largest absolute Gasteiger partial charge is 0.379 e. The number of benzene rings is 1. The fourth-order valence-corrected chi connectivity index (χ4v) is 1.90. The summed E-state index contributed by atoms with van der Waals surface area (Å²) < 4.78 is 18.6. The molecule has 2 rings (SSSR count). The van der Waals surface area contributed by atoms with Crippen molar-refractivity contribution < 1.29 is 9.13 Å². The van der Waals surface area contributed by atoms with Crippen molar-refractivity contribution in [3.8, 4) is 0 Å². The Balaban J connectivity index is 1.88. The van der Waals surface area contributed by atoms with Crippen LogP contribution in [0.5, 0.6) is 0 Å². The summed E-state index contributed by atoms with van der Waals surface area (Å²) in [7, 11) is 0. The van der Waals surface area contributed by atoms with Crippen molar-refractivity contribution in [2.45, 2.75) is 6.92 Å². The van der Waals surface area contributed by atoms with Crippen LogP contribution in [0.1, 0.15) is 5.56 Å². The summed E-state index contributed by atoms with van der Waals surface area (Å²) in [5.41, 5.74) is 4.31. The fraction of sp³-hybridized carbons (Fsp3) is 0.417. The minimum absolute atomic E-state index is 0.242. The quantitative estimate of drug-likeness (QED) is 0.799. The van der Waals surface area contributed by atoms with Crippen LogP contribution in [-0.4, -0.2) is 36.4 Å². The SMILES string of the molecule is Cc1ccc(NC(=S)NN2CCOCC2)cc1F. The molecule has 4 nitrogen and oxygen atoms in total. The van der Waals surface area contributed by atoms with E-state index in [1.54, 1.807) is 19.1 Å². The highest BCUT2D eigenvalue weighted by atomic mass is 32.1. The molecule has 98 valence electrons. The van der Waals surface area contributed by atoms with Gasteiger partial charge in [-0.1, -0.05) is 6.07 Å². The number of anilines is 1. The summed E-state index contributed by atoms with van der Waals surface area (Å²) in [6, 6.07) is 4.95. The molecule has 1 aromatic carbocycles. The van der Waals surface area contributed by atoms with Crippen molar-refractivity contribution >= 4 is 23.0 Å². The van der Waals surface area contributed by atoms with Gasteiger partial charge >= 0.3 is 0 Å². The number of hydrazine groups is 1. The topological polar surface area (TPSA) is 36.5 Å². The zero-order valence-corrected chi connectivity index (χ0v) is 11.0. The third-order valence-corrected chi connectivity index (χ3v) is 2.89. The van der Waals surface area contributed by atoms with Gasteiger partial charge in [0.05, 0.1) is 13.2 Å². The molecule has 6 heteroatoms. The predicted molar refractivity (Wildman–Crippen MR) is 72.9 cm³/mol. The highest BCUT2D eigenvalue weighted by molar-refractivity contribution is 7.80. The molecule has 0 atom stereocenters. The van der Waals surface area contributed by atoms with Crippen LogP contribution in [0, 0.1) is 12.7 Å². The number of nitrogens with zero attached hydrogens (tertiary/aromatic N) is 1. The van der Waals surface area contributed by atoms with E-state index >= 15 is 0 Å². The number of ether oxygens (including phenoxy) is 1. The molecule has 1 aliphatic heterocycles. The van der Waals surface area contributed by atoms with Gasteiger partial charge in [-0.25, -0.2) is 9.40 Å². The lowest BCUT2D eigenvalue weighted by Gasteiger charge is -2.28. The van der Waals surface area contributed by atoms with Crippen LogP contribution in [0.4, 0.5) is 10.1 Å². The van der Waals surface area contributed by atoms with Crippen molar-refractivity contribution in [3.05, 3.63) is 29.6 Å². The van der Waals surface area contributed by atoms with Gasteiger partial charge < -0.3 is 10.1 Å². The first-order chi connectivity index (χ1) is 8.65. The lowest BCUT2D eigenvalue weighted by Crippen LogP contribution is -2.49. The average molecular weight is 269 g/mol. The third kappa shape index (κ3) is 3.63. The first-order valence-corrected chi connectivity index (χ1v) is 6.22. The number of halogens is 1. The molecule has 0 spiro atoms. The maximum atomic E-state index is 13.4. The van der Waals surface area contributed by atoms with Crippen molar-refractivity contribution in [3.63, 3.8) is 0 Å². The van der Waals surface area contributed by atoms with Crippen LogP contribution in [0.15, 0.2) is 18.2 Å². The summed E-state index contributed by atoms with van der Waals surface area (Å²) >= 11 is 5.17. The Morgan fingerprint density at radius 1 is 1.39 bits per heavy atom. The molecule has 1 heterocycles. The standard InChI is InChI=1S/C12H16FN3OS/c1-9-2-3-10(8-11(9)13)14-12(18)15-16-4-6-17-7-5-16/h2-3,8H,4-7H2,1H3,(H2,14,15,18). The van der Waals surface area contributed by atoms with E-state index in [0.29, 0.717) is 29.6 Å². The zero-order valence-electron chi connectivity index (χ0n) is 10.2. The summed E-state index contributed by atoms with van der Waals surface area (Å²) in [5.74, 6) is -0.242. The smallest absolute Gasteiger partial charge is 0.185 e. The fourth-order valence-electron chi connectivity index (χ4n) is 1.65. The van der Waals surface area contributed by atoms with Crippen molar-refractivity contribution in [2.75, 3.05) is 31.6 Å². The van der Waals surface area contributed by atoms with Crippen molar-refractivity contribution in [1.29, 1.82) is 0 Å². The van der Waals surface area contributed by atoms with E-state index in [0.717, 1.165) is 13.1 Å². The molecule has 0 bridgehead atoms. The van der Waals surface area contributed by atoms with E-state index < -0.39 is 0 Å². The summed E-state index contributed by atoms with van der Waals surface area (Å²) in [6.45, 7) is 4.67. The second-order valence-corrected chi connectivity index (χ2v) is 4.54. The number of rotatable bonds is 2. The van der Waals surface area contributed by atoms with Crippen LogP contribution < -0.4 is 10.7 Å². The van der Waals surface area contributed by atoms with Crippen LogP contribution in [-0.2, 0) is 4.74 Å². The molecule has 1 saturated heterocycles. The first kappa shape index (κ1) is 13.2. The molecule has 1 aromatic rings. The van der Waals surface area contributed by atoms with Gasteiger partial charge in [-0.15, -0.1) is 0 Å². The molecule has 0 radical (unpaired) electrons. The van der Waals surface area contributed by atoms with Crippen molar-refractivity contribution in [2.24, 2.45) is 0 Å². The Labute approximate surface area is 111 Å². The van der Waals surface area contributed by atoms with Gasteiger partial charge in [0.1, 0.15) is 5.82 Å². The molecule has 0 unspecified atom stereocenters. The van der Waals surface area contributed by atoms with Gasteiger partial charge in [0.2, 0.25) is 0 Å². The van der Waals surface area contributed by atoms with Crippen LogP contribution >= 0.6 is 12.2 Å². The molecule has 0 saturated carbocycles. The van der Waals surface area contributed by atoms with Gasteiger partial charge in [0, 0.05) is 18.8 Å². The summed E-state index contributed by atoms with van der Waals surface area (Å²) in [5, 5.41) is 5.39. The first-order valence-electron chi connectivity index (χ1n) is 5.81. The molecular weight excluding hydrogens is 253 g/mol. The highest BCUT2D eigenvalue weighted by Gasteiger charge is 2.11. The maximum Gasteiger partial charge on any atom is 0.185 e. The van der Waals surface area contributed by atoms with Gasteiger partial charge in [-0.05, 0) is 36.8 Å². The number of nitrogens with one attached hydrogen (secondary N) is 2. The minimum Gasteiger partial charge on any atom is -0.379 e. The molecule has 1 fully saturated rings. The van der Waals surface area contributed by atoms with E-state index in [2.05, 4.69) is 10.7 Å². The Morgan fingerprint density at radius 3 is 2.78 bits per heavy atom. The number of hydrogen-bond acceptors (Lipinski definition) is 3. The summed E-state index contributed by atoms with van der Waals surface area (Å²) in [4.78, 5) is 0. The molecule has 0 aliphatic carbocycles. The number of morpholine rings is 1. The van der Waals surface area contributed by atoms with Crippen LogP contribution in [0.2, 0.25) is 0 Å². The maximum absolute atomic E-state index is 13.4. The average Bonchev–Trinajstić information content (AvgIpc) is 2.35. The van der Waals surface area contributed by atoms with Crippen molar-refractivity contribution in [1.82, 2.24) is 10.4 Å². The third-order valence-electron chi connectivity index (χ3n) is 2.70. The monoisotopic (exact) mass is 269 g/mol. The molecule has 0 aromatic heterocycles. The second-order valence-electron chi connectivity index (χ2n) is 4.13. The molecule has 18 heavy (non-hydrogen) atoms. The zero-order chi connectivity index (χ0) is 13.0. The lowest BCUT2D eigenvalue weighted by molar-refractivity contribution is 0.0252. The van der Waals surface area contributed by atoms with E-state index in [1.165, 1.54) is 6.07 Å². The molecule has 1 aliphatic rings. The van der Waals surface area contributed by atoms with Gasteiger partial charge in [0.15, 0.2) is 5.11 Å². The highest BCUT2D eigenvalue weighted by Crippen LogP contribution is 2.13. The number of thiocarbonyl (C=S) groups is 1. The Bertz CT molecular complexity index is 435. The predicted octanol–water partition coefficient (Wildman–Crippen LogP) is 1.67. The van der Waals surface area contributed by atoms with Gasteiger partial charge in [-0.3, -0.25) is 5.43 Å². The number of aryl methyl sites for hydroxylation is 1. The normalized spacial score (nSPS) is 16.3. The summed E-state index contributed by atoms with van der Waals surface area (Å²) in [6.07, 6.45) is 0. The minimum atomic E-state index is -0.242. The van der Waals surface area contributed by atoms with Gasteiger partial charge in [-0.2, -0.15) is 0 Å². The Kier molecular flexibility index (Phi) is 4.46. The molecule has 2 N–H and O–H groups in total. The van der Waals surface area contributed by atoms with Crippen LogP contribution in [0.3, 0.4) is 0 Å². The molecular formula is C12H16FN3OS. The molecule has 0 amide bonds. The van der Waals surface area contributed by atoms with Gasteiger partial charge in [0.25, 0.3) is 0 Å². The lowest BCUT2D eigenvalue weighted by atomic mass is 10.2. The van der Waals surface area contributed by atoms with E-state index in [4.69, 9.17) is 17.0 Å². The Hall–Kier alpha value is -1.24. The van der Waals surface area contributed by atoms with E-state index in [-0.39, 0.29) is 5.82 Å². The van der Waals surface area contributed by atoms with E-state index in [9.17, 15) is 4.39 Å². The Morgan fingerprint density at radius 2 is 2.11 bits per heavy atom.